The summed E-state index contributed by atoms with van der Waals surface area (Å²) in [6, 6.07) is 3.53. The molecule has 27 heavy (non-hydrogen) atoms. The third-order valence-corrected chi connectivity index (χ3v) is 5.04. The van der Waals surface area contributed by atoms with Crippen molar-refractivity contribution < 1.29 is 19.1 Å². The number of ether oxygens (including phenoxy) is 1. The fourth-order valence-corrected chi connectivity index (χ4v) is 3.12. The molecule has 10 heteroatoms. The first-order valence-electron chi connectivity index (χ1n) is 8.32. The number of nitrogens with zero attached hydrogens (tertiary/aromatic N) is 3. The Balaban J connectivity index is 1.74. The Morgan fingerprint density at radius 2 is 1.96 bits per heavy atom. The molecule has 1 aromatic carbocycles. The van der Waals surface area contributed by atoms with Gasteiger partial charge in [0.05, 0.1) is 23.3 Å². The quantitative estimate of drug-likeness (QED) is 0.582. The van der Waals surface area contributed by atoms with Crippen molar-refractivity contribution in [2.75, 3.05) is 33.4 Å². The minimum absolute atomic E-state index is 0.131. The van der Waals surface area contributed by atoms with Crippen LogP contribution in [0.2, 0.25) is 10.0 Å². The number of rotatable bonds is 3. The maximum Gasteiger partial charge on any atom is 0.299 e. The number of halogens is 2. The van der Waals surface area contributed by atoms with Gasteiger partial charge in [0.15, 0.2) is 6.04 Å². The molecule has 2 heterocycles. The van der Waals surface area contributed by atoms with Gasteiger partial charge >= 0.3 is 0 Å². The van der Waals surface area contributed by atoms with Crippen molar-refractivity contribution in [2.24, 2.45) is 4.99 Å². The molecule has 1 N–H and O–H groups in total. The second kappa shape index (κ2) is 8.24. The number of likely N-dealkylation sites (N-methyl/N-ethyl adjacent to an activating group) is 1. The largest absolute Gasteiger partial charge is 0.378 e. The molecule has 1 atom stereocenters. The monoisotopic (exact) mass is 412 g/mol. The lowest BCUT2D eigenvalue weighted by Crippen LogP contribution is -2.58. The molecule has 1 saturated heterocycles. The van der Waals surface area contributed by atoms with Crippen molar-refractivity contribution in [3.63, 3.8) is 0 Å². The molecule has 1 aromatic rings. The van der Waals surface area contributed by atoms with Gasteiger partial charge in [-0.15, -0.1) is 0 Å². The molecule has 0 bridgehead atoms. The summed E-state index contributed by atoms with van der Waals surface area (Å²) in [5.41, 5.74) is 0.710. The molecule has 2 aliphatic rings. The predicted octanol–water partition coefficient (Wildman–Crippen LogP) is 0.708. The van der Waals surface area contributed by atoms with Gasteiger partial charge in [-0.2, -0.15) is 0 Å². The molecule has 2 amide bonds. The number of aliphatic imine (C=N–C) groups is 1. The second-order valence-corrected chi connectivity index (χ2v) is 6.94. The van der Waals surface area contributed by atoms with Gasteiger partial charge in [-0.1, -0.05) is 29.3 Å². The molecular weight excluding hydrogens is 395 g/mol. The van der Waals surface area contributed by atoms with E-state index in [1.54, 1.807) is 18.2 Å². The molecule has 3 rings (SSSR count). The highest BCUT2D eigenvalue weighted by molar-refractivity contribution is 6.45. The highest BCUT2D eigenvalue weighted by Gasteiger charge is 2.41. The van der Waals surface area contributed by atoms with E-state index in [4.69, 9.17) is 27.9 Å². The molecule has 8 nitrogen and oxygen atoms in total. The number of carbonyl (C=O) groups is 3. The van der Waals surface area contributed by atoms with E-state index in [2.05, 4.69) is 10.3 Å². The minimum atomic E-state index is -1.41. The van der Waals surface area contributed by atoms with Gasteiger partial charge in [-0.25, -0.2) is 4.99 Å². The Kier molecular flexibility index (Phi) is 5.98. The second-order valence-electron chi connectivity index (χ2n) is 6.13. The number of amides is 2. The van der Waals surface area contributed by atoms with Crippen LogP contribution in [0.5, 0.6) is 0 Å². The smallest absolute Gasteiger partial charge is 0.299 e. The number of Topliss-reactive ketones (excluding diaryl/α,β-unsaturated/α-hetero) is 1. The van der Waals surface area contributed by atoms with Crippen LogP contribution >= 0.6 is 23.2 Å². The molecule has 0 aliphatic carbocycles. The number of benzene rings is 1. The lowest BCUT2D eigenvalue weighted by molar-refractivity contribution is -0.145. The molecule has 0 spiro atoms. The molecule has 2 aliphatic heterocycles. The van der Waals surface area contributed by atoms with Gasteiger partial charge in [-0.05, 0) is 17.7 Å². The number of morpholine rings is 1. The van der Waals surface area contributed by atoms with E-state index >= 15 is 0 Å². The average molecular weight is 413 g/mol. The first-order valence-corrected chi connectivity index (χ1v) is 9.08. The molecule has 0 aromatic heterocycles. The summed E-state index contributed by atoms with van der Waals surface area (Å²) in [5.74, 6) is -1.96. The molecule has 0 saturated carbocycles. The van der Waals surface area contributed by atoms with E-state index in [1.807, 2.05) is 4.90 Å². The molecule has 0 radical (unpaired) electrons. The number of carbonyl (C=O) groups excluding carboxylic acids is 3. The van der Waals surface area contributed by atoms with Crippen LogP contribution in [0.3, 0.4) is 0 Å². The Hall–Kier alpha value is -2.16. The Morgan fingerprint density at radius 3 is 2.63 bits per heavy atom. The summed E-state index contributed by atoms with van der Waals surface area (Å²) in [4.78, 5) is 44.3. The third kappa shape index (κ3) is 4.23. The van der Waals surface area contributed by atoms with Gasteiger partial charge in [0.1, 0.15) is 0 Å². The molecular formula is C17H18Cl2N4O4. The highest BCUT2D eigenvalue weighted by Crippen LogP contribution is 2.22. The Labute approximate surface area is 166 Å². The Morgan fingerprint density at radius 1 is 1.26 bits per heavy atom. The van der Waals surface area contributed by atoms with Crippen LogP contribution in [-0.4, -0.2) is 72.7 Å². The highest BCUT2D eigenvalue weighted by atomic mass is 35.5. The first kappa shape index (κ1) is 19.6. The molecule has 1 fully saturated rings. The zero-order valence-electron chi connectivity index (χ0n) is 14.6. The van der Waals surface area contributed by atoms with Crippen LogP contribution < -0.4 is 5.32 Å². The normalized spacial score (nSPS) is 20.6. The Bertz CT molecular complexity index is 808. The van der Waals surface area contributed by atoms with Crippen LogP contribution in [0, 0.1) is 0 Å². The van der Waals surface area contributed by atoms with Crippen molar-refractivity contribution in [2.45, 2.75) is 12.6 Å². The number of nitrogens with one attached hydrogen (secondary N) is 1. The first-order chi connectivity index (χ1) is 12.9. The number of hydrogen-bond acceptors (Lipinski definition) is 6. The van der Waals surface area contributed by atoms with E-state index in [1.165, 1.54) is 11.9 Å². The average Bonchev–Trinajstić information content (AvgIpc) is 2.68. The van der Waals surface area contributed by atoms with E-state index in [9.17, 15) is 14.4 Å². The van der Waals surface area contributed by atoms with Gasteiger partial charge in [-0.3, -0.25) is 19.3 Å². The summed E-state index contributed by atoms with van der Waals surface area (Å²) >= 11 is 11.8. The summed E-state index contributed by atoms with van der Waals surface area (Å²) in [7, 11) is 1.47. The van der Waals surface area contributed by atoms with Crippen LogP contribution in [0.1, 0.15) is 5.56 Å². The predicted molar refractivity (Wildman–Crippen MR) is 99.7 cm³/mol. The van der Waals surface area contributed by atoms with Crippen molar-refractivity contribution in [3.05, 3.63) is 33.8 Å². The maximum absolute atomic E-state index is 12.5. The van der Waals surface area contributed by atoms with E-state index in [-0.39, 0.29) is 6.54 Å². The van der Waals surface area contributed by atoms with Gasteiger partial charge in [0.2, 0.25) is 5.96 Å². The maximum atomic E-state index is 12.5. The van der Waals surface area contributed by atoms with Crippen molar-refractivity contribution >= 4 is 46.8 Å². The van der Waals surface area contributed by atoms with Crippen LogP contribution in [0.4, 0.5) is 0 Å². The van der Waals surface area contributed by atoms with Crippen LogP contribution in [0.15, 0.2) is 23.2 Å². The van der Waals surface area contributed by atoms with E-state index in [0.29, 0.717) is 47.9 Å². The zero-order valence-corrected chi connectivity index (χ0v) is 16.1. The molecule has 1 unspecified atom stereocenters. The van der Waals surface area contributed by atoms with Gasteiger partial charge in [0, 0.05) is 26.7 Å². The number of hydrogen-bond donors (Lipinski definition) is 1. The summed E-state index contributed by atoms with van der Waals surface area (Å²) in [6.45, 7) is 2.17. The SMILES string of the molecule is CN1C(=O)C(=O)C(C(=O)NCc2ccc(Cl)c(Cl)c2)N=C1N1CCOCC1. The topological polar surface area (TPSA) is 91.3 Å². The summed E-state index contributed by atoms with van der Waals surface area (Å²) < 4.78 is 5.29. The lowest BCUT2D eigenvalue weighted by atomic mass is 10.1. The zero-order chi connectivity index (χ0) is 19.6. The fraction of sp³-hybridized carbons (Fsp3) is 0.412. The van der Waals surface area contributed by atoms with E-state index in [0.717, 1.165) is 0 Å². The lowest BCUT2D eigenvalue weighted by Gasteiger charge is -2.36. The fourth-order valence-electron chi connectivity index (χ4n) is 2.80. The van der Waals surface area contributed by atoms with Crippen molar-refractivity contribution in [1.82, 2.24) is 15.1 Å². The van der Waals surface area contributed by atoms with Crippen LogP contribution in [-0.2, 0) is 25.7 Å². The van der Waals surface area contributed by atoms with E-state index < -0.39 is 23.6 Å². The van der Waals surface area contributed by atoms with Crippen molar-refractivity contribution in [1.29, 1.82) is 0 Å². The molecule has 144 valence electrons. The summed E-state index contributed by atoms with van der Waals surface area (Å²) in [6.07, 6.45) is 0. The van der Waals surface area contributed by atoms with Crippen LogP contribution in [0.25, 0.3) is 0 Å². The standard InChI is InChI=1S/C17H18Cl2N4O4/c1-22-16(26)14(24)13(21-17(22)23-4-6-27-7-5-23)15(25)20-9-10-2-3-11(18)12(19)8-10/h2-3,8,13H,4-7,9H2,1H3,(H,20,25). The van der Waals surface area contributed by atoms with Gasteiger partial charge in [0.25, 0.3) is 17.6 Å². The summed E-state index contributed by atoms with van der Waals surface area (Å²) in [5, 5.41) is 3.39. The number of ketones is 1. The third-order valence-electron chi connectivity index (χ3n) is 4.30. The van der Waals surface area contributed by atoms with Gasteiger partial charge < -0.3 is 15.0 Å². The number of guanidine groups is 1. The minimum Gasteiger partial charge on any atom is -0.378 e. The van der Waals surface area contributed by atoms with Crippen molar-refractivity contribution in [3.8, 4) is 0 Å².